The summed E-state index contributed by atoms with van der Waals surface area (Å²) in [6.45, 7) is 0. The third-order valence-electron chi connectivity index (χ3n) is 2.73. The SMILES string of the molecule is COc1ccc(C(=O)CSc2cc(F)ccc2F)cc1Cl. The zero-order valence-corrected chi connectivity index (χ0v) is 12.6. The number of carbonyl (C=O) groups is 1. The fraction of sp³-hybridized carbons (Fsp3) is 0.133. The minimum absolute atomic E-state index is 0.0109. The third-order valence-corrected chi connectivity index (χ3v) is 4.05. The van der Waals surface area contributed by atoms with Crippen LogP contribution in [0, 0.1) is 11.6 Å². The summed E-state index contributed by atoms with van der Waals surface area (Å²) in [5, 5.41) is 0.324. The molecule has 0 bridgehead atoms. The molecule has 0 fully saturated rings. The highest BCUT2D eigenvalue weighted by atomic mass is 35.5. The lowest BCUT2D eigenvalue weighted by Crippen LogP contribution is -2.03. The van der Waals surface area contributed by atoms with Crippen LogP contribution in [0.4, 0.5) is 8.78 Å². The number of rotatable bonds is 5. The van der Waals surface area contributed by atoms with Crippen LogP contribution in [0.25, 0.3) is 0 Å². The van der Waals surface area contributed by atoms with Gasteiger partial charge in [0, 0.05) is 10.5 Å². The molecule has 2 nitrogen and oxygen atoms in total. The van der Waals surface area contributed by atoms with Crippen molar-refractivity contribution in [3.8, 4) is 5.75 Å². The van der Waals surface area contributed by atoms with E-state index in [9.17, 15) is 13.6 Å². The van der Waals surface area contributed by atoms with Crippen molar-refractivity contribution in [1.82, 2.24) is 0 Å². The number of carbonyl (C=O) groups excluding carboxylic acids is 1. The standard InChI is InChI=1S/C15H11ClF2O2S/c1-20-14-5-2-9(6-11(14)16)13(19)8-21-15-7-10(17)3-4-12(15)18/h2-7H,8H2,1H3. The van der Waals surface area contributed by atoms with Gasteiger partial charge in [0.15, 0.2) is 5.78 Å². The summed E-state index contributed by atoms with van der Waals surface area (Å²) in [5.41, 5.74) is 0.394. The molecule has 0 saturated carbocycles. The molecular weight excluding hydrogens is 318 g/mol. The van der Waals surface area contributed by atoms with Gasteiger partial charge in [0.2, 0.25) is 0 Å². The van der Waals surface area contributed by atoms with Gasteiger partial charge in [0.25, 0.3) is 0 Å². The van der Waals surface area contributed by atoms with Crippen molar-refractivity contribution in [3.05, 3.63) is 58.6 Å². The Labute approximate surface area is 130 Å². The zero-order chi connectivity index (χ0) is 15.4. The predicted octanol–water partition coefficient (Wildman–Crippen LogP) is 4.60. The van der Waals surface area contributed by atoms with Crippen LogP contribution in [0.15, 0.2) is 41.3 Å². The van der Waals surface area contributed by atoms with Crippen LogP contribution in [0.2, 0.25) is 5.02 Å². The lowest BCUT2D eigenvalue weighted by Gasteiger charge is -2.06. The first kappa shape index (κ1) is 15.8. The number of thioether (sulfide) groups is 1. The molecule has 0 N–H and O–H groups in total. The number of ether oxygens (including phenoxy) is 1. The van der Waals surface area contributed by atoms with Crippen LogP contribution in [0.5, 0.6) is 5.75 Å². The van der Waals surface area contributed by atoms with Crippen molar-refractivity contribution in [2.75, 3.05) is 12.9 Å². The Balaban J connectivity index is 2.08. The summed E-state index contributed by atoms with van der Waals surface area (Å²) in [6, 6.07) is 7.79. The second kappa shape index (κ2) is 6.91. The van der Waals surface area contributed by atoms with Crippen LogP contribution in [-0.2, 0) is 0 Å². The smallest absolute Gasteiger partial charge is 0.173 e. The van der Waals surface area contributed by atoms with E-state index in [4.69, 9.17) is 16.3 Å². The molecule has 0 unspecified atom stereocenters. The third kappa shape index (κ3) is 3.95. The van der Waals surface area contributed by atoms with Gasteiger partial charge in [-0.05, 0) is 36.4 Å². The van der Waals surface area contributed by atoms with Crippen molar-refractivity contribution >= 4 is 29.1 Å². The molecule has 0 saturated heterocycles. The van der Waals surface area contributed by atoms with E-state index in [0.29, 0.717) is 16.3 Å². The van der Waals surface area contributed by atoms with Crippen molar-refractivity contribution in [2.45, 2.75) is 4.90 Å². The number of benzene rings is 2. The molecule has 0 heterocycles. The molecule has 0 aromatic heterocycles. The lowest BCUT2D eigenvalue weighted by atomic mass is 10.1. The molecule has 0 aliphatic carbocycles. The molecule has 0 radical (unpaired) electrons. The van der Waals surface area contributed by atoms with Crippen LogP contribution >= 0.6 is 23.4 Å². The number of Topliss-reactive ketones (excluding diaryl/α,β-unsaturated/α-hetero) is 1. The quantitative estimate of drug-likeness (QED) is 0.592. The molecular formula is C15H11ClF2O2S. The summed E-state index contributed by atoms with van der Waals surface area (Å²) < 4.78 is 31.5. The largest absolute Gasteiger partial charge is 0.495 e. The highest BCUT2D eigenvalue weighted by Crippen LogP contribution is 2.27. The van der Waals surface area contributed by atoms with E-state index in [0.717, 1.165) is 30.0 Å². The number of ketones is 1. The molecule has 0 aliphatic heterocycles. The van der Waals surface area contributed by atoms with Gasteiger partial charge in [-0.2, -0.15) is 0 Å². The summed E-state index contributed by atoms with van der Waals surface area (Å²) >= 11 is 6.88. The van der Waals surface area contributed by atoms with E-state index in [1.54, 1.807) is 12.1 Å². The molecule has 110 valence electrons. The first-order valence-corrected chi connectivity index (χ1v) is 7.32. The molecule has 21 heavy (non-hydrogen) atoms. The zero-order valence-electron chi connectivity index (χ0n) is 11.0. The molecule has 2 rings (SSSR count). The fourth-order valence-electron chi connectivity index (χ4n) is 1.65. The Morgan fingerprint density at radius 1 is 1.24 bits per heavy atom. The van der Waals surface area contributed by atoms with Gasteiger partial charge in [-0.15, -0.1) is 11.8 Å². The van der Waals surface area contributed by atoms with Gasteiger partial charge < -0.3 is 4.74 Å². The van der Waals surface area contributed by atoms with E-state index < -0.39 is 11.6 Å². The van der Waals surface area contributed by atoms with E-state index in [-0.39, 0.29) is 16.4 Å². The molecule has 0 amide bonds. The van der Waals surface area contributed by atoms with Crippen molar-refractivity contribution < 1.29 is 18.3 Å². The molecule has 0 aliphatic rings. The Hall–Kier alpha value is -1.59. The molecule has 0 spiro atoms. The Morgan fingerprint density at radius 3 is 2.67 bits per heavy atom. The monoisotopic (exact) mass is 328 g/mol. The fourth-order valence-corrected chi connectivity index (χ4v) is 2.77. The van der Waals surface area contributed by atoms with Gasteiger partial charge in [0.1, 0.15) is 17.4 Å². The maximum Gasteiger partial charge on any atom is 0.173 e. The number of halogens is 3. The first-order valence-electron chi connectivity index (χ1n) is 5.96. The summed E-state index contributed by atoms with van der Waals surface area (Å²) in [6.07, 6.45) is 0. The normalized spacial score (nSPS) is 10.5. The minimum Gasteiger partial charge on any atom is -0.495 e. The highest BCUT2D eigenvalue weighted by molar-refractivity contribution is 8.00. The summed E-state index contributed by atoms with van der Waals surface area (Å²) in [4.78, 5) is 12.1. The first-order chi connectivity index (χ1) is 10.0. The minimum atomic E-state index is -0.554. The van der Waals surface area contributed by atoms with Gasteiger partial charge in [0.05, 0.1) is 17.9 Å². The number of hydrogen-bond donors (Lipinski definition) is 0. The van der Waals surface area contributed by atoms with E-state index in [2.05, 4.69) is 0 Å². The maximum absolute atomic E-state index is 13.4. The van der Waals surface area contributed by atoms with Crippen LogP contribution in [-0.4, -0.2) is 18.6 Å². The molecule has 2 aromatic rings. The van der Waals surface area contributed by atoms with Gasteiger partial charge >= 0.3 is 0 Å². The summed E-state index contributed by atoms with van der Waals surface area (Å²) in [7, 11) is 1.48. The molecule has 6 heteroatoms. The van der Waals surface area contributed by atoms with E-state index >= 15 is 0 Å². The van der Waals surface area contributed by atoms with Crippen LogP contribution in [0.3, 0.4) is 0 Å². The Kier molecular flexibility index (Phi) is 5.20. The highest BCUT2D eigenvalue weighted by Gasteiger charge is 2.12. The van der Waals surface area contributed by atoms with Gasteiger partial charge in [-0.25, -0.2) is 8.78 Å². The second-order valence-corrected chi connectivity index (χ2v) is 5.56. The van der Waals surface area contributed by atoms with Crippen molar-refractivity contribution in [2.24, 2.45) is 0 Å². The van der Waals surface area contributed by atoms with Gasteiger partial charge in [-0.1, -0.05) is 11.6 Å². The predicted molar refractivity (Wildman–Crippen MR) is 79.4 cm³/mol. The van der Waals surface area contributed by atoms with Crippen LogP contribution in [0.1, 0.15) is 10.4 Å². The average molecular weight is 329 g/mol. The lowest BCUT2D eigenvalue weighted by molar-refractivity contribution is 0.102. The number of hydrogen-bond acceptors (Lipinski definition) is 3. The summed E-state index contributed by atoms with van der Waals surface area (Å²) in [5.74, 6) is -0.866. The second-order valence-electron chi connectivity index (χ2n) is 4.14. The van der Waals surface area contributed by atoms with Crippen LogP contribution < -0.4 is 4.74 Å². The number of methoxy groups -OCH3 is 1. The maximum atomic E-state index is 13.4. The van der Waals surface area contributed by atoms with Crippen molar-refractivity contribution in [1.29, 1.82) is 0 Å². The van der Waals surface area contributed by atoms with E-state index in [1.165, 1.54) is 13.2 Å². The van der Waals surface area contributed by atoms with Crippen molar-refractivity contribution in [3.63, 3.8) is 0 Å². The topological polar surface area (TPSA) is 26.3 Å². The molecule has 2 aromatic carbocycles. The average Bonchev–Trinajstić information content (AvgIpc) is 2.47. The Morgan fingerprint density at radius 2 is 2.00 bits per heavy atom. The van der Waals surface area contributed by atoms with Gasteiger partial charge in [-0.3, -0.25) is 4.79 Å². The van der Waals surface area contributed by atoms with E-state index in [1.807, 2.05) is 0 Å². The Bertz CT molecular complexity index is 677. The molecule has 0 atom stereocenters.